The minimum absolute atomic E-state index is 0.0264. The van der Waals surface area contributed by atoms with Crippen molar-refractivity contribution in [1.82, 2.24) is 0 Å². The van der Waals surface area contributed by atoms with Gasteiger partial charge < -0.3 is 61.9 Å². The van der Waals surface area contributed by atoms with E-state index in [1.807, 2.05) is 0 Å². The molecule has 0 radical (unpaired) electrons. The smallest absolute Gasteiger partial charge is 0.394 e. The highest BCUT2D eigenvalue weighted by Crippen LogP contribution is 2.68. The second-order valence-corrected chi connectivity index (χ2v) is 14.8. The van der Waals surface area contributed by atoms with Gasteiger partial charge in [-0.2, -0.15) is 110 Å². The molecule has 458 valence electrons. The maximum Gasteiger partial charge on any atom is 0.460 e. The summed E-state index contributed by atoms with van der Waals surface area (Å²) in [6.07, 6.45) is -11.2. The van der Waals surface area contributed by atoms with Crippen LogP contribution in [-0.2, 0) is 56.8 Å². The first-order valence-corrected chi connectivity index (χ1v) is 21.6. The summed E-state index contributed by atoms with van der Waals surface area (Å²) in [4.78, 5) is 0. The molecule has 0 atom stereocenters. The molecule has 0 saturated carbocycles. The molecular formula is C38H53F25O13. The number of hydrogen-bond donors (Lipinski definition) is 1. The highest BCUT2D eigenvalue weighted by molar-refractivity contribution is 5.19. The highest BCUT2D eigenvalue weighted by Gasteiger charge is 2.99. The Morgan fingerprint density at radius 1 is 0.184 bits per heavy atom. The van der Waals surface area contributed by atoms with E-state index in [0.29, 0.717) is 72.7 Å². The van der Waals surface area contributed by atoms with Crippen molar-refractivity contribution in [3.63, 3.8) is 0 Å². The molecule has 0 aliphatic carbocycles. The van der Waals surface area contributed by atoms with E-state index in [4.69, 9.17) is 57.2 Å². The van der Waals surface area contributed by atoms with E-state index in [9.17, 15) is 110 Å². The highest BCUT2D eigenvalue weighted by atomic mass is 19.4. The maximum absolute atomic E-state index is 14.1. The van der Waals surface area contributed by atoms with Crippen LogP contribution in [0.4, 0.5) is 110 Å². The Hall–Kier alpha value is -2.27. The van der Waals surface area contributed by atoms with E-state index in [1.54, 1.807) is 0 Å². The Balaban J connectivity index is 4.44. The zero-order chi connectivity index (χ0) is 58.9. The van der Waals surface area contributed by atoms with Crippen molar-refractivity contribution in [2.45, 2.75) is 77.7 Å². The SMILES string of the molecule is OCCOCCOCCOCCOCCOCCOCCOCCOCCOCCOCCOCCOCCC(F)(F)C(F)(F)C(F)(F)C(F)(F)C(F)(F)C(F)(F)C(F)(F)C(F)(F)C(F)(F)C(F)(F)C(F)(F)C(F)(F)F. The topological polar surface area (TPSA) is 131 Å². The standard InChI is InChI=1S/C38H53F25O13/c39-27(40,28(41,42)29(43,44)30(45,46)31(47,48)32(49,50)33(51,52)34(53,54)35(55,56)36(57,58)37(59,60)38(61,62)63)1-3-65-5-7-67-9-11-69-13-15-71-17-19-73-21-23-75-25-26-76-24-22-74-20-18-72-16-14-70-12-10-68-8-6-66-4-2-64/h64H,1-26H2. The zero-order valence-corrected chi connectivity index (χ0v) is 39.2. The van der Waals surface area contributed by atoms with Crippen LogP contribution < -0.4 is 0 Å². The number of hydrogen-bond acceptors (Lipinski definition) is 13. The van der Waals surface area contributed by atoms with Crippen molar-refractivity contribution >= 4 is 0 Å². The molecule has 0 amide bonds. The summed E-state index contributed by atoms with van der Waals surface area (Å²) in [7, 11) is 0. The molecule has 76 heavy (non-hydrogen) atoms. The fourth-order valence-corrected chi connectivity index (χ4v) is 4.93. The average Bonchev–Trinajstić information content (AvgIpc) is 3.31. The predicted molar refractivity (Wildman–Crippen MR) is 202 cm³/mol. The first-order chi connectivity index (χ1) is 34.8. The third kappa shape index (κ3) is 19.2. The molecule has 0 unspecified atom stereocenters. The summed E-state index contributed by atoms with van der Waals surface area (Å²) < 4.78 is 402. The Morgan fingerprint density at radius 3 is 0.500 bits per heavy atom. The fourth-order valence-electron chi connectivity index (χ4n) is 4.93. The minimum atomic E-state index is -9.63. The van der Waals surface area contributed by atoms with E-state index in [2.05, 4.69) is 4.74 Å². The summed E-state index contributed by atoms with van der Waals surface area (Å²) in [6, 6.07) is 0. The molecule has 0 fully saturated rings. The van der Waals surface area contributed by atoms with E-state index >= 15 is 0 Å². The molecule has 0 bridgehead atoms. The van der Waals surface area contributed by atoms with Crippen LogP contribution >= 0.6 is 0 Å². The Labute approximate surface area is 415 Å². The number of halogens is 25. The van der Waals surface area contributed by atoms with Gasteiger partial charge in [-0.1, -0.05) is 0 Å². The molecule has 0 aliphatic heterocycles. The number of rotatable bonds is 48. The summed E-state index contributed by atoms with van der Waals surface area (Å²) >= 11 is 0. The van der Waals surface area contributed by atoms with Crippen LogP contribution in [0.15, 0.2) is 0 Å². The second kappa shape index (κ2) is 32.2. The normalized spacial score (nSPS) is 14.6. The van der Waals surface area contributed by atoms with Crippen molar-refractivity contribution in [3.05, 3.63) is 0 Å². The van der Waals surface area contributed by atoms with Gasteiger partial charge in [-0.05, 0) is 0 Å². The van der Waals surface area contributed by atoms with Gasteiger partial charge in [-0.15, -0.1) is 0 Å². The van der Waals surface area contributed by atoms with Crippen molar-refractivity contribution in [1.29, 1.82) is 0 Å². The van der Waals surface area contributed by atoms with Crippen LogP contribution in [0, 0.1) is 0 Å². The molecule has 0 rings (SSSR count). The van der Waals surface area contributed by atoms with Gasteiger partial charge in [0.05, 0.1) is 165 Å². The van der Waals surface area contributed by atoms with Crippen LogP contribution in [0.5, 0.6) is 0 Å². The lowest BCUT2D eigenvalue weighted by Gasteiger charge is -2.45. The van der Waals surface area contributed by atoms with Crippen molar-refractivity contribution in [2.24, 2.45) is 0 Å². The van der Waals surface area contributed by atoms with Crippen LogP contribution in [-0.4, -0.2) is 242 Å². The molecule has 0 saturated heterocycles. The summed E-state index contributed by atoms with van der Waals surface area (Å²) in [5.41, 5.74) is 0. The molecule has 1 N–H and O–H groups in total. The van der Waals surface area contributed by atoms with Gasteiger partial charge in [0, 0.05) is 6.42 Å². The molecule has 0 aliphatic rings. The molecular weight excluding hydrogens is 1140 g/mol. The van der Waals surface area contributed by atoms with Gasteiger partial charge in [0.1, 0.15) is 0 Å². The summed E-state index contributed by atoms with van der Waals surface area (Å²) in [5.74, 6) is -98.7. The van der Waals surface area contributed by atoms with Crippen molar-refractivity contribution in [3.8, 4) is 0 Å². The third-order valence-corrected chi connectivity index (χ3v) is 9.25. The Bertz CT molecular complexity index is 1550. The quantitative estimate of drug-likeness (QED) is 0.0466. The minimum Gasteiger partial charge on any atom is -0.394 e. The third-order valence-electron chi connectivity index (χ3n) is 9.25. The lowest BCUT2D eigenvalue weighted by molar-refractivity contribution is -0.482. The molecule has 0 aromatic carbocycles. The molecule has 13 nitrogen and oxygen atoms in total. The first-order valence-electron chi connectivity index (χ1n) is 21.6. The fraction of sp³-hybridized carbons (Fsp3) is 1.00. The Kier molecular flexibility index (Phi) is 31.3. The monoisotopic (exact) mass is 1190 g/mol. The van der Waals surface area contributed by atoms with Gasteiger partial charge >= 0.3 is 71.3 Å². The van der Waals surface area contributed by atoms with E-state index in [0.717, 1.165) is 0 Å². The number of alkyl halides is 25. The van der Waals surface area contributed by atoms with Crippen LogP contribution in [0.2, 0.25) is 0 Å². The molecule has 0 spiro atoms. The number of aliphatic hydroxyl groups excluding tert-OH is 1. The second-order valence-electron chi connectivity index (χ2n) is 14.8. The van der Waals surface area contributed by atoms with Gasteiger partial charge in [-0.3, -0.25) is 0 Å². The molecule has 0 heterocycles. The maximum atomic E-state index is 14.1. The molecule has 0 aromatic heterocycles. The van der Waals surface area contributed by atoms with E-state index in [1.165, 1.54) is 0 Å². The van der Waals surface area contributed by atoms with Gasteiger partial charge in [0.25, 0.3) is 0 Å². The van der Waals surface area contributed by atoms with E-state index in [-0.39, 0.29) is 72.7 Å². The van der Waals surface area contributed by atoms with Gasteiger partial charge in [-0.25, -0.2) is 0 Å². The number of aliphatic hydroxyl groups is 1. The zero-order valence-electron chi connectivity index (χ0n) is 39.2. The summed E-state index contributed by atoms with van der Waals surface area (Å²) in [5, 5.41) is 8.57. The molecule has 0 aromatic rings. The largest absolute Gasteiger partial charge is 0.460 e. The van der Waals surface area contributed by atoms with Gasteiger partial charge in [0.2, 0.25) is 0 Å². The predicted octanol–water partition coefficient (Wildman–Crippen LogP) is 8.12. The van der Waals surface area contributed by atoms with Crippen molar-refractivity contribution < 1.29 is 172 Å². The number of ether oxygens (including phenoxy) is 12. The van der Waals surface area contributed by atoms with Crippen molar-refractivity contribution in [2.75, 3.05) is 165 Å². The van der Waals surface area contributed by atoms with Gasteiger partial charge in [0.15, 0.2) is 0 Å². The summed E-state index contributed by atoms with van der Waals surface area (Å²) in [6.45, 7) is 1.13. The first kappa shape index (κ1) is 73.7. The molecule has 38 heteroatoms. The van der Waals surface area contributed by atoms with Crippen LogP contribution in [0.25, 0.3) is 0 Å². The van der Waals surface area contributed by atoms with Crippen LogP contribution in [0.1, 0.15) is 6.42 Å². The van der Waals surface area contributed by atoms with Crippen LogP contribution in [0.3, 0.4) is 0 Å². The lowest BCUT2D eigenvalue weighted by atomic mass is 9.84. The van der Waals surface area contributed by atoms with E-state index < -0.39 is 97.6 Å². The lowest BCUT2D eigenvalue weighted by Crippen LogP contribution is -2.78. The Morgan fingerprint density at radius 2 is 0.329 bits per heavy atom. The average molecular weight is 1190 g/mol.